The monoisotopic (exact) mass is 179 g/mol. The van der Waals surface area contributed by atoms with E-state index in [1.165, 1.54) is 12.0 Å². The van der Waals surface area contributed by atoms with Crippen molar-refractivity contribution >= 4 is 0 Å². The van der Waals surface area contributed by atoms with Gasteiger partial charge in [-0.1, -0.05) is 0 Å². The Balaban J connectivity index is 2.28. The van der Waals surface area contributed by atoms with E-state index >= 15 is 0 Å². The zero-order valence-corrected chi connectivity index (χ0v) is 8.42. The van der Waals surface area contributed by atoms with Crippen molar-refractivity contribution in [3.63, 3.8) is 0 Å². The summed E-state index contributed by atoms with van der Waals surface area (Å²) in [5, 5.41) is 0. The van der Waals surface area contributed by atoms with Crippen molar-refractivity contribution in [3.8, 4) is 0 Å². The fraction of sp³-hybridized carbons (Fsp3) is 0.545. The first-order valence-electron chi connectivity index (χ1n) is 4.73. The first-order valence-corrected chi connectivity index (χ1v) is 4.73. The molecule has 0 radical (unpaired) electrons. The molecule has 1 aromatic rings. The second kappa shape index (κ2) is 5.70. The van der Waals surface area contributed by atoms with E-state index in [1.807, 2.05) is 13.1 Å². The van der Waals surface area contributed by atoms with Gasteiger partial charge in [0.1, 0.15) is 0 Å². The minimum Gasteiger partial charge on any atom is -0.385 e. The van der Waals surface area contributed by atoms with Crippen LogP contribution in [0.5, 0.6) is 0 Å². The number of hydrogen-bond donors (Lipinski definition) is 0. The summed E-state index contributed by atoms with van der Waals surface area (Å²) in [6.45, 7) is 2.89. The highest BCUT2D eigenvalue weighted by molar-refractivity contribution is 5.15. The molecule has 72 valence electrons. The van der Waals surface area contributed by atoms with Crippen LogP contribution in [-0.2, 0) is 11.2 Å². The average molecular weight is 179 g/mol. The van der Waals surface area contributed by atoms with Gasteiger partial charge in [0.15, 0.2) is 0 Å². The SMILES string of the molecule is COCCCCc1ccnc(C)c1. The third kappa shape index (κ3) is 4.04. The molecule has 0 saturated heterocycles. The van der Waals surface area contributed by atoms with Crippen LogP contribution in [0.4, 0.5) is 0 Å². The molecule has 0 N–H and O–H groups in total. The lowest BCUT2D eigenvalue weighted by atomic mass is 10.1. The Labute approximate surface area is 80.0 Å². The van der Waals surface area contributed by atoms with Gasteiger partial charge in [0.25, 0.3) is 0 Å². The molecule has 0 aliphatic rings. The number of pyridine rings is 1. The van der Waals surface area contributed by atoms with E-state index in [1.54, 1.807) is 7.11 Å². The molecule has 1 rings (SSSR count). The Morgan fingerprint density at radius 2 is 2.23 bits per heavy atom. The standard InChI is InChI=1S/C11H17NO/c1-10-9-11(6-7-12-10)5-3-4-8-13-2/h6-7,9H,3-5,8H2,1-2H3. The van der Waals surface area contributed by atoms with Gasteiger partial charge in [0.2, 0.25) is 0 Å². The molecule has 0 spiro atoms. The molecule has 0 fully saturated rings. The largest absolute Gasteiger partial charge is 0.385 e. The van der Waals surface area contributed by atoms with Gasteiger partial charge in [0.05, 0.1) is 0 Å². The summed E-state index contributed by atoms with van der Waals surface area (Å²) >= 11 is 0. The minimum absolute atomic E-state index is 0.865. The summed E-state index contributed by atoms with van der Waals surface area (Å²) in [6.07, 6.45) is 5.34. The summed E-state index contributed by atoms with van der Waals surface area (Å²) < 4.78 is 4.99. The highest BCUT2D eigenvalue weighted by Gasteiger charge is 1.93. The number of aryl methyl sites for hydroxylation is 2. The lowest BCUT2D eigenvalue weighted by molar-refractivity contribution is 0.193. The van der Waals surface area contributed by atoms with E-state index in [9.17, 15) is 0 Å². The van der Waals surface area contributed by atoms with Crippen LogP contribution in [-0.4, -0.2) is 18.7 Å². The quantitative estimate of drug-likeness (QED) is 0.647. The van der Waals surface area contributed by atoms with Crippen LogP contribution in [0.1, 0.15) is 24.1 Å². The van der Waals surface area contributed by atoms with E-state index in [2.05, 4.69) is 17.1 Å². The Morgan fingerprint density at radius 1 is 1.38 bits per heavy atom. The van der Waals surface area contributed by atoms with E-state index in [0.717, 1.165) is 25.1 Å². The molecule has 0 amide bonds. The molecule has 2 heteroatoms. The molecule has 13 heavy (non-hydrogen) atoms. The number of methoxy groups -OCH3 is 1. The van der Waals surface area contributed by atoms with E-state index in [0.29, 0.717) is 0 Å². The molecule has 0 aromatic carbocycles. The smallest absolute Gasteiger partial charge is 0.0462 e. The predicted molar refractivity (Wildman–Crippen MR) is 53.8 cm³/mol. The lowest BCUT2D eigenvalue weighted by Crippen LogP contribution is -1.92. The number of hydrogen-bond acceptors (Lipinski definition) is 2. The van der Waals surface area contributed by atoms with Crippen molar-refractivity contribution in [2.45, 2.75) is 26.2 Å². The molecule has 0 aliphatic heterocycles. The Hall–Kier alpha value is -0.890. The molecule has 0 saturated carbocycles. The zero-order valence-electron chi connectivity index (χ0n) is 8.42. The molecule has 0 bridgehead atoms. The summed E-state index contributed by atoms with van der Waals surface area (Å²) in [6, 6.07) is 4.23. The van der Waals surface area contributed by atoms with Gasteiger partial charge in [-0.05, 0) is 43.9 Å². The van der Waals surface area contributed by atoms with Crippen LogP contribution in [0.2, 0.25) is 0 Å². The molecule has 1 aromatic heterocycles. The Kier molecular flexibility index (Phi) is 4.47. The van der Waals surface area contributed by atoms with Crippen LogP contribution in [0.15, 0.2) is 18.3 Å². The van der Waals surface area contributed by atoms with Crippen molar-refractivity contribution in [1.29, 1.82) is 0 Å². The van der Waals surface area contributed by atoms with Crippen LogP contribution in [0.3, 0.4) is 0 Å². The maximum Gasteiger partial charge on any atom is 0.0462 e. The minimum atomic E-state index is 0.865. The maximum absolute atomic E-state index is 4.99. The fourth-order valence-electron chi connectivity index (χ4n) is 1.34. The molecular weight excluding hydrogens is 162 g/mol. The summed E-state index contributed by atoms with van der Waals surface area (Å²) in [7, 11) is 1.75. The second-order valence-corrected chi connectivity index (χ2v) is 3.26. The Morgan fingerprint density at radius 3 is 2.92 bits per heavy atom. The van der Waals surface area contributed by atoms with Crippen LogP contribution in [0.25, 0.3) is 0 Å². The first kappa shape index (κ1) is 10.2. The van der Waals surface area contributed by atoms with Crippen molar-refractivity contribution in [2.24, 2.45) is 0 Å². The van der Waals surface area contributed by atoms with Gasteiger partial charge in [0, 0.05) is 25.6 Å². The van der Waals surface area contributed by atoms with E-state index in [4.69, 9.17) is 4.74 Å². The molecule has 0 unspecified atom stereocenters. The number of unbranched alkanes of at least 4 members (excludes halogenated alkanes) is 1. The van der Waals surface area contributed by atoms with Crippen molar-refractivity contribution in [3.05, 3.63) is 29.6 Å². The van der Waals surface area contributed by atoms with E-state index in [-0.39, 0.29) is 0 Å². The van der Waals surface area contributed by atoms with E-state index < -0.39 is 0 Å². The number of nitrogens with zero attached hydrogens (tertiary/aromatic N) is 1. The Bertz CT molecular complexity index is 248. The number of ether oxygens (including phenoxy) is 1. The lowest BCUT2D eigenvalue weighted by Gasteiger charge is -2.01. The van der Waals surface area contributed by atoms with Gasteiger partial charge in [-0.2, -0.15) is 0 Å². The third-order valence-corrected chi connectivity index (χ3v) is 2.02. The highest BCUT2D eigenvalue weighted by Crippen LogP contribution is 2.05. The molecule has 2 nitrogen and oxygen atoms in total. The van der Waals surface area contributed by atoms with Crippen molar-refractivity contribution in [1.82, 2.24) is 4.98 Å². The zero-order chi connectivity index (χ0) is 9.52. The predicted octanol–water partition coefficient (Wildman–Crippen LogP) is 2.36. The third-order valence-electron chi connectivity index (χ3n) is 2.02. The fourth-order valence-corrected chi connectivity index (χ4v) is 1.34. The van der Waals surface area contributed by atoms with Gasteiger partial charge < -0.3 is 4.74 Å². The normalized spacial score (nSPS) is 10.3. The molecular formula is C11H17NO. The first-order chi connectivity index (χ1) is 6.33. The second-order valence-electron chi connectivity index (χ2n) is 3.26. The van der Waals surface area contributed by atoms with Crippen LogP contribution in [0, 0.1) is 6.92 Å². The average Bonchev–Trinajstić information content (AvgIpc) is 2.13. The van der Waals surface area contributed by atoms with Gasteiger partial charge in [-0.3, -0.25) is 4.98 Å². The van der Waals surface area contributed by atoms with Crippen molar-refractivity contribution in [2.75, 3.05) is 13.7 Å². The topological polar surface area (TPSA) is 22.1 Å². The molecule has 1 heterocycles. The van der Waals surface area contributed by atoms with Gasteiger partial charge in [-0.25, -0.2) is 0 Å². The number of rotatable bonds is 5. The highest BCUT2D eigenvalue weighted by atomic mass is 16.5. The summed E-state index contributed by atoms with van der Waals surface area (Å²) in [5.74, 6) is 0. The van der Waals surface area contributed by atoms with Crippen LogP contribution >= 0.6 is 0 Å². The number of aromatic nitrogens is 1. The summed E-state index contributed by atoms with van der Waals surface area (Å²) in [4.78, 5) is 4.16. The summed E-state index contributed by atoms with van der Waals surface area (Å²) in [5.41, 5.74) is 2.48. The molecule has 0 aliphatic carbocycles. The maximum atomic E-state index is 4.99. The molecule has 0 atom stereocenters. The van der Waals surface area contributed by atoms with Crippen LogP contribution < -0.4 is 0 Å². The van der Waals surface area contributed by atoms with Crippen molar-refractivity contribution < 1.29 is 4.74 Å². The van der Waals surface area contributed by atoms with Gasteiger partial charge in [-0.15, -0.1) is 0 Å². The van der Waals surface area contributed by atoms with Gasteiger partial charge >= 0.3 is 0 Å².